The molecule has 0 unspecified atom stereocenters. The zero-order chi connectivity index (χ0) is 13.6. The van der Waals surface area contributed by atoms with Crippen LogP contribution in [-0.2, 0) is 9.84 Å². The molecule has 0 saturated heterocycles. The average molecular weight is 336 g/mol. The summed E-state index contributed by atoms with van der Waals surface area (Å²) in [4.78, 5) is 0. The van der Waals surface area contributed by atoms with E-state index in [-0.39, 0.29) is 5.75 Å². The minimum Gasteiger partial charge on any atom is -0.492 e. The third kappa shape index (κ3) is 6.37. The van der Waals surface area contributed by atoms with Crippen molar-refractivity contribution in [1.82, 2.24) is 5.32 Å². The molecule has 0 amide bonds. The molecular weight excluding hydrogens is 318 g/mol. The molecule has 1 aromatic rings. The van der Waals surface area contributed by atoms with E-state index in [0.717, 1.165) is 15.8 Å². The molecule has 1 aromatic carbocycles. The van der Waals surface area contributed by atoms with Crippen LogP contribution in [0.25, 0.3) is 0 Å². The number of nitrogens with one attached hydrogen (secondary N) is 1. The third-order valence-electron chi connectivity index (χ3n) is 2.33. The molecule has 0 heterocycles. The predicted octanol–water partition coefficient (Wildman–Crippen LogP) is 1.77. The number of sulfone groups is 1. The lowest BCUT2D eigenvalue weighted by atomic mass is 10.2. The summed E-state index contributed by atoms with van der Waals surface area (Å²) in [5.41, 5.74) is 1.12. The van der Waals surface area contributed by atoms with Gasteiger partial charge in [-0.05, 0) is 30.7 Å². The molecule has 0 atom stereocenters. The molecule has 1 N–H and O–H groups in total. The van der Waals surface area contributed by atoms with Crippen LogP contribution >= 0.6 is 15.9 Å². The highest BCUT2D eigenvalue weighted by Crippen LogP contribution is 2.21. The Hall–Kier alpha value is -0.590. The van der Waals surface area contributed by atoms with Gasteiger partial charge in [-0.15, -0.1) is 0 Å². The number of hydrogen-bond donors (Lipinski definition) is 1. The topological polar surface area (TPSA) is 55.4 Å². The minimum absolute atomic E-state index is 0.157. The van der Waals surface area contributed by atoms with Gasteiger partial charge in [-0.3, -0.25) is 0 Å². The van der Waals surface area contributed by atoms with Crippen LogP contribution in [0.2, 0.25) is 0 Å². The van der Waals surface area contributed by atoms with Gasteiger partial charge >= 0.3 is 0 Å². The van der Waals surface area contributed by atoms with Crippen molar-refractivity contribution in [2.45, 2.75) is 6.92 Å². The zero-order valence-electron chi connectivity index (χ0n) is 10.6. The number of halogens is 1. The Morgan fingerprint density at radius 2 is 2.06 bits per heavy atom. The molecule has 102 valence electrons. The number of benzene rings is 1. The summed E-state index contributed by atoms with van der Waals surface area (Å²) in [5.74, 6) is 0.977. The Morgan fingerprint density at radius 1 is 1.33 bits per heavy atom. The number of rotatable bonds is 7. The molecule has 0 bridgehead atoms. The Labute approximate surface area is 117 Å². The Bertz CT molecular complexity index is 488. The Morgan fingerprint density at radius 3 is 2.67 bits per heavy atom. The fraction of sp³-hybridized carbons (Fsp3) is 0.500. The van der Waals surface area contributed by atoms with Crippen molar-refractivity contribution >= 4 is 25.8 Å². The van der Waals surface area contributed by atoms with Gasteiger partial charge in [0.25, 0.3) is 0 Å². The first kappa shape index (κ1) is 15.5. The predicted molar refractivity (Wildman–Crippen MR) is 77.0 cm³/mol. The van der Waals surface area contributed by atoms with Crippen LogP contribution in [0.1, 0.15) is 5.56 Å². The normalized spacial score (nSPS) is 11.5. The largest absolute Gasteiger partial charge is 0.492 e. The van der Waals surface area contributed by atoms with Crippen molar-refractivity contribution in [2.75, 3.05) is 31.7 Å². The summed E-state index contributed by atoms with van der Waals surface area (Å²) in [6.45, 7) is 3.61. The molecule has 0 aliphatic heterocycles. The molecule has 0 radical (unpaired) electrons. The van der Waals surface area contributed by atoms with E-state index in [1.165, 1.54) is 6.26 Å². The van der Waals surface area contributed by atoms with Gasteiger partial charge in [-0.2, -0.15) is 0 Å². The number of ether oxygens (including phenoxy) is 1. The second-order valence-corrected chi connectivity index (χ2v) is 7.25. The van der Waals surface area contributed by atoms with Gasteiger partial charge in [-0.25, -0.2) is 8.42 Å². The van der Waals surface area contributed by atoms with Crippen LogP contribution in [0.5, 0.6) is 5.75 Å². The third-order valence-corrected chi connectivity index (χ3v) is 4.16. The first-order valence-electron chi connectivity index (χ1n) is 5.66. The fourth-order valence-corrected chi connectivity index (χ4v) is 2.09. The zero-order valence-corrected chi connectivity index (χ0v) is 13.0. The van der Waals surface area contributed by atoms with Gasteiger partial charge in [0, 0.05) is 23.8 Å². The SMILES string of the molecule is Cc1cc(OCCNCCS(C)(=O)=O)ccc1Br. The smallest absolute Gasteiger partial charge is 0.148 e. The van der Waals surface area contributed by atoms with E-state index in [1.807, 2.05) is 25.1 Å². The van der Waals surface area contributed by atoms with Crippen molar-refractivity contribution in [3.8, 4) is 5.75 Å². The van der Waals surface area contributed by atoms with Crippen LogP contribution in [0.4, 0.5) is 0 Å². The van der Waals surface area contributed by atoms with E-state index in [0.29, 0.717) is 19.7 Å². The van der Waals surface area contributed by atoms with Gasteiger partial charge in [0.1, 0.15) is 22.2 Å². The lowest BCUT2D eigenvalue weighted by Gasteiger charge is -2.08. The van der Waals surface area contributed by atoms with Gasteiger partial charge in [0.2, 0.25) is 0 Å². The maximum Gasteiger partial charge on any atom is 0.148 e. The van der Waals surface area contributed by atoms with Crippen LogP contribution < -0.4 is 10.1 Å². The van der Waals surface area contributed by atoms with Crippen LogP contribution in [0.3, 0.4) is 0 Å². The Kier molecular flexibility index (Phi) is 6.11. The number of aryl methyl sites for hydroxylation is 1. The van der Waals surface area contributed by atoms with E-state index >= 15 is 0 Å². The van der Waals surface area contributed by atoms with E-state index in [2.05, 4.69) is 21.2 Å². The monoisotopic (exact) mass is 335 g/mol. The molecule has 6 heteroatoms. The second kappa shape index (κ2) is 7.11. The van der Waals surface area contributed by atoms with Crippen LogP contribution in [0.15, 0.2) is 22.7 Å². The highest BCUT2D eigenvalue weighted by atomic mass is 79.9. The highest BCUT2D eigenvalue weighted by molar-refractivity contribution is 9.10. The summed E-state index contributed by atoms with van der Waals surface area (Å²) < 4.78 is 28.4. The van der Waals surface area contributed by atoms with Crippen LogP contribution in [-0.4, -0.2) is 40.1 Å². The first-order chi connectivity index (χ1) is 8.38. The highest BCUT2D eigenvalue weighted by Gasteiger charge is 2.01. The summed E-state index contributed by atoms with van der Waals surface area (Å²) in [7, 11) is -2.88. The van der Waals surface area contributed by atoms with Gasteiger partial charge in [-0.1, -0.05) is 15.9 Å². The lowest BCUT2D eigenvalue weighted by molar-refractivity contribution is 0.315. The van der Waals surface area contributed by atoms with E-state index in [4.69, 9.17) is 4.74 Å². The van der Waals surface area contributed by atoms with E-state index in [1.54, 1.807) is 0 Å². The molecule has 0 fully saturated rings. The van der Waals surface area contributed by atoms with E-state index in [9.17, 15) is 8.42 Å². The maximum absolute atomic E-state index is 10.9. The molecule has 18 heavy (non-hydrogen) atoms. The second-order valence-electron chi connectivity index (χ2n) is 4.14. The standard InChI is InChI=1S/C12H18BrNO3S/c1-10-9-11(3-4-12(10)13)17-7-5-14-6-8-18(2,15)16/h3-4,9,14H,5-8H2,1-2H3. The summed E-state index contributed by atoms with van der Waals surface area (Å²) >= 11 is 3.43. The molecular formula is C12H18BrNO3S. The summed E-state index contributed by atoms with van der Waals surface area (Å²) in [5, 5.41) is 3.02. The summed E-state index contributed by atoms with van der Waals surface area (Å²) in [6, 6.07) is 5.80. The molecule has 4 nitrogen and oxygen atoms in total. The molecule has 0 aliphatic carbocycles. The minimum atomic E-state index is -2.88. The van der Waals surface area contributed by atoms with Crippen molar-refractivity contribution in [3.63, 3.8) is 0 Å². The molecule has 0 saturated carbocycles. The lowest BCUT2D eigenvalue weighted by Crippen LogP contribution is -2.26. The molecule has 0 aromatic heterocycles. The number of hydrogen-bond acceptors (Lipinski definition) is 4. The van der Waals surface area contributed by atoms with Gasteiger partial charge in [0.15, 0.2) is 0 Å². The Balaban J connectivity index is 2.20. The van der Waals surface area contributed by atoms with Crippen molar-refractivity contribution in [1.29, 1.82) is 0 Å². The van der Waals surface area contributed by atoms with Gasteiger partial charge in [0.05, 0.1) is 5.75 Å². The molecule has 1 rings (SSSR count). The van der Waals surface area contributed by atoms with Crippen LogP contribution in [0, 0.1) is 6.92 Å². The quantitative estimate of drug-likeness (QED) is 0.771. The summed E-state index contributed by atoms with van der Waals surface area (Å²) in [6.07, 6.45) is 1.23. The van der Waals surface area contributed by atoms with Crippen molar-refractivity contribution in [2.24, 2.45) is 0 Å². The average Bonchev–Trinajstić information content (AvgIpc) is 2.26. The van der Waals surface area contributed by atoms with E-state index < -0.39 is 9.84 Å². The van der Waals surface area contributed by atoms with Crippen molar-refractivity contribution in [3.05, 3.63) is 28.2 Å². The first-order valence-corrected chi connectivity index (χ1v) is 8.51. The molecule has 0 spiro atoms. The fourth-order valence-electron chi connectivity index (χ4n) is 1.33. The van der Waals surface area contributed by atoms with Gasteiger partial charge < -0.3 is 10.1 Å². The molecule has 0 aliphatic rings. The maximum atomic E-state index is 10.9. The van der Waals surface area contributed by atoms with Crippen molar-refractivity contribution < 1.29 is 13.2 Å².